The van der Waals surface area contributed by atoms with Crippen LogP contribution < -0.4 is 0 Å². The highest BCUT2D eigenvalue weighted by atomic mass is 14.5. The molecule has 0 bridgehead atoms. The Hall–Kier alpha value is -0.780. The quantitative estimate of drug-likeness (QED) is 0.629. The van der Waals surface area contributed by atoms with Crippen LogP contribution >= 0.6 is 0 Å². The summed E-state index contributed by atoms with van der Waals surface area (Å²) in [6, 6.07) is 9.37. The van der Waals surface area contributed by atoms with Crippen LogP contribution in [0.4, 0.5) is 0 Å². The largest absolute Gasteiger partial charge is 0.0617 e. The lowest BCUT2D eigenvalue weighted by Gasteiger charge is -2.43. The van der Waals surface area contributed by atoms with Crippen LogP contribution in [0.15, 0.2) is 24.3 Å². The standard InChI is InChI=1S/C18H28/c1-14(2)15-9-8-10-16(13-15)18(17(3,4)5)11-6-7-12-18/h8-10,13-14H,6-7,11-12H2,1-5H3. The molecule has 0 amide bonds. The number of hydrogen-bond acceptors (Lipinski definition) is 0. The Morgan fingerprint density at radius 2 is 1.67 bits per heavy atom. The van der Waals surface area contributed by atoms with Crippen LogP contribution in [0.1, 0.15) is 77.3 Å². The molecular formula is C18H28. The molecule has 1 fully saturated rings. The van der Waals surface area contributed by atoms with Crippen molar-refractivity contribution in [3.05, 3.63) is 35.4 Å². The lowest BCUT2D eigenvalue weighted by molar-refractivity contribution is 0.187. The molecule has 0 nitrogen and oxygen atoms in total. The third-order valence-corrected chi connectivity index (χ3v) is 5.00. The van der Waals surface area contributed by atoms with Gasteiger partial charge in [-0.05, 0) is 35.3 Å². The summed E-state index contributed by atoms with van der Waals surface area (Å²) in [6.45, 7) is 11.8. The van der Waals surface area contributed by atoms with Gasteiger partial charge in [0.2, 0.25) is 0 Å². The molecular weight excluding hydrogens is 216 g/mol. The fourth-order valence-electron chi connectivity index (χ4n) is 3.65. The van der Waals surface area contributed by atoms with Crippen LogP contribution in [0, 0.1) is 5.41 Å². The second-order valence-electron chi connectivity index (χ2n) is 7.32. The minimum absolute atomic E-state index is 0.360. The average Bonchev–Trinajstić information content (AvgIpc) is 2.78. The molecule has 0 aliphatic heterocycles. The fourth-order valence-corrected chi connectivity index (χ4v) is 3.65. The highest BCUT2D eigenvalue weighted by Gasteiger charge is 2.45. The molecule has 0 aromatic heterocycles. The highest BCUT2D eigenvalue weighted by molar-refractivity contribution is 5.34. The molecule has 1 aliphatic rings. The van der Waals surface area contributed by atoms with E-state index in [0.29, 0.717) is 16.7 Å². The third kappa shape index (κ3) is 2.22. The molecule has 18 heavy (non-hydrogen) atoms. The Kier molecular flexibility index (Phi) is 3.58. The lowest BCUT2D eigenvalue weighted by Crippen LogP contribution is -2.37. The van der Waals surface area contributed by atoms with Gasteiger partial charge in [0.05, 0.1) is 0 Å². The molecule has 0 saturated heterocycles. The summed E-state index contributed by atoms with van der Waals surface area (Å²) in [4.78, 5) is 0. The van der Waals surface area contributed by atoms with Crippen molar-refractivity contribution in [3.63, 3.8) is 0 Å². The second-order valence-corrected chi connectivity index (χ2v) is 7.32. The van der Waals surface area contributed by atoms with Gasteiger partial charge in [-0.2, -0.15) is 0 Å². The highest BCUT2D eigenvalue weighted by Crippen LogP contribution is 2.52. The third-order valence-electron chi connectivity index (χ3n) is 5.00. The smallest absolute Gasteiger partial charge is 0.000158 e. The summed E-state index contributed by atoms with van der Waals surface area (Å²) in [6.07, 6.45) is 5.50. The summed E-state index contributed by atoms with van der Waals surface area (Å²) in [5, 5.41) is 0. The van der Waals surface area contributed by atoms with Gasteiger partial charge in [-0.25, -0.2) is 0 Å². The first kappa shape index (κ1) is 13.6. The van der Waals surface area contributed by atoms with E-state index in [1.165, 1.54) is 31.2 Å². The zero-order chi connectivity index (χ0) is 13.4. The predicted octanol–water partition coefficient (Wildman–Crippen LogP) is 5.67. The maximum atomic E-state index is 2.47. The van der Waals surface area contributed by atoms with Crippen molar-refractivity contribution in [1.82, 2.24) is 0 Å². The Bertz CT molecular complexity index is 400. The molecule has 0 heteroatoms. The minimum atomic E-state index is 0.360. The summed E-state index contributed by atoms with van der Waals surface area (Å²) < 4.78 is 0. The van der Waals surface area contributed by atoms with Gasteiger partial charge in [0.15, 0.2) is 0 Å². The zero-order valence-corrected chi connectivity index (χ0v) is 12.7. The molecule has 1 aromatic rings. The van der Waals surface area contributed by atoms with E-state index < -0.39 is 0 Å². The van der Waals surface area contributed by atoms with Crippen LogP contribution in [0.25, 0.3) is 0 Å². The van der Waals surface area contributed by atoms with E-state index in [0.717, 1.165) is 0 Å². The van der Waals surface area contributed by atoms with Crippen molar-refractivity contribution in [1.29, 1.82) is 0 Å². The van der Waals surface area contributed by atoms with E-state index >= 15 is 0 Å². The van der Waals surface area contributed by atoms with E-state index in [9.17, 15) is 0 Å². The Morgan fingerprint density at radius 1 is 1.06 bits per heavy atom. The van der Waals surface area contributed by atoms with E-state index in [1.54, 1.807) is 5.56 Å². The van der Waals surface area contributed by atoms with Gasteiger partial charge in [0.1, 0.15) is 0 Å². The average molecular weight is 244 g/mol. The molecule has 2 rings (SSSR count). The van der Waals surface area contributed by atoms with Crippen molar-refractivity contribution < 1.29 is 0 Å². The van der Waals surface area contributed by atoms with Crippen LogP contribution in [-0.4, -0.2) is 0 Å². The van der Waals surface area contributed by atoms with Gasteiger partial charge >= 0.3 is 0 Å². The van der Waals surface area contributed by atoms with Crippen LogP contribution in [0.3, 0.4) is 0 Å². The molecule has 1 saturated carbocycles. The van der Waals surface area contributed by atoms with Crippen molar-refractivity contribution in [2.24, 2.45) is 5.41 Å². The van der Waals surface area contributed by atoms with Crippen molar-refractivity contribution in [2.75, 3.05) is 0 Å². The molecule has 0 unspecified atom stereocenters. The zero-order valence-electron chi connectivity index (χ0n) is 12.7. The van der Waals surface area contributed by atoms with Crippen LogP contribution in [0.5, 0.6) is 0 Å². The van der Waals surface area contributed by atoms with Gasteiger partial charge in [0, 0.05) is 5.41 Å². The molecule has 1 aliphatic carbocycles. The molecule has 0 radical (unpaired) electrons. The topological polar surface area (TPSA) is 0 Å². The van der Waals surface area contributed by atoms with Gasteiger partial charge in [0.25, 0.3) is 0 Å². The maximum Gasteiger partial charge on any atom is 0.000158 e. The maximum absolute atomic E-state index is 2.47. The summed E-state index contributed by atoms with van der Waals surface area (Å²) >= 11 is 0. The monoisotopic (exact) mass is 244 g/mol. The molecule has 0 atom stereocenters. The Balaban J connectivity index is 2.47. The first-order chi connectivity index (χ1) is 8.37. The number of benzene rings is 1. The van der Waals surface area contributed by atoms with Crippen molar-refractivity contribution >= 4 is 0 Å². The van der Waals surface area contributed by atoms with Gasteiger partial charge in [-0.15, -0.1) is 0 Å². The van der Waals surface area contributed by atoms with Gasteiger partial charge < -0.3 is 0 Å². The first-order valence-electron chi connectivity index (χ1n) is 7.47. The van der Waals surface area contributed by atoms with E-state index in [1.807, 2.05) is 0 Å². The van der Waals surface area contributed by atoms with E-state index in [2.05, 4.69) is 58.9 Å². The Labute approximate surface area is 113 Å². The lowest BCUT2D eigenvalue weighted by atomic mass is 9.61. The summed E-state index contributed by atoms with van der Waals surface area (Å²) in [5.74, 6) is 0.628. The summed E-state index contributed by atoms with van der Waals surface area (Å²) in [5.41, 5.74) is 3.83. The SMILES string of the molecule is CC(C)c1cccc(C2(C(C)(C)C)CCCC2)c1. The first-order valence-corrected chi connectivity index (χ1v) is 7.47. The molecule has 0 N–H and O–H groups in total. The fraction of sp³-hybridized carbons (Fsp3) is 0.667. The van der Waals surface area contributed by atoms with Gasteiger partial charge in [-0.3, -0.25) is 0 Å². The number of hydrogen-bond donors (Lipinski definition) is 0. The van der Waals surface area contributed by atoms with Crippen molar-refractivity contribution in [2.45, 2.75) is 71.6 Å². The minimum Gasteiger partial charge on any atom is -0.0617 e. The molecule has 1 aromatic carbocycles. The Morgan fingerprint density at radius 3 is 2.17 bits per heavy atom. The number of rotatable bonds is 2. The second kappa shape index (κ2) is 4.72. The predicted molar refractivity (Wildman–Crippen MR) is 80.1 cm³/mol. The normalized spacial score (nSPS) is 19.4. The van der Waals surface area contributed by atoms with E-state index in [-0.39, 0.29) is 0 Å². The van der Waals surface area contributed by atoms with Crippen molar-refractivity contribution in [3.8, 4) is 0 Å². The molecule has 0 spiro atoms. The van der Waals surface area contributed by atoms with Crippen LogP contribution in [-0.2, 0) is 5.41 Å². The van der Waals surface area contributed by atoms with Crippen LogP contribution in [0.2, 0.25) is 0 Å². The molecule has 100 valence electrons. The van der Waals surface area contributed by atoms with Gasteiger partial charge in [-0.1, -0.05) is 71.7 Å². The summed E-state index contributed by atoms with van der Waals surface area (Å²) in [7, 11) is 0. The van der Waals surface area contributed by atoms with E-state index in [4.69, 9.17) is 0 Å². The molecule has 0 heterocycles.